The van der Waals surface area contributed by atoms with Crippen LogP contribution in [0.3, 0.4) is 0 Å². The van der Waals surface area contributed by atoms with Crippen molar-refractivity contribution >= 4 is 23.1 Å². The number of nitrogens with zero attached hydrogens (tertiary/aromatic N) is 2. The molecule has 0 aliphatic rings. The van der Waals surface area contributed by atoms with Crippen molar-refractivity contribution in [2.45, 2.75) is 6.92 Å². The molecule has 2 aromatic rings. The van der Waals surface area contributed by atoms with Gasteiger partial charge in [0.15, 0.2) is 5.82 Å². The Morgan fingerprint density at radius 2 is 2.29 bits per heavy atom. The fraction of sp³-hybridized carbons (Fsp3) is 0.182. The van der Waals surface area contributed by atoms with E-state index in [1.807, 2.05) is 18.4 Å². The number of hydrogen-bond donors (Lipinski definition) is 2. The standard InChI is InChI=1S/C11H11N3O2S/c1-6-3-4-17-8(6)10-13-5-7(11(15)16)9(12-2)14-10/h3-5H,1-2H3,(H,15,16)(H,12,13,14). The van der Waals surface area contributed by atoms with Gasteiger partial charge in [-0.2, -0.15) is 0 Å². The topological polar surface area (TPSA) is 75.1 Å². The number of nitrogens with one attached hydrogen (secondary N) is 1. The second kappa shape index (κ2) is 4.50. The van der Waals surface area contributed by atoms with Crippen molar-refractivity contribution in [3.63, 3.8) is 0 Å². The van der Waals surface area contributed by atoms with E-state index in [1.54, 1.807) is 7.05 Å². The van der Waals surface area contributed by atoms with Gasteiger partial charge in [-0.1, -0.05) is 0 Å². The molecular weight excluding hydrogens is 238 g/mol. The number of carbonyl (C=O) groups is 1. The van der Waals surface area contributed by atoms with Crippen molar-refractivity contribution in [2.75, 3.05) is 12.4 Å². The summed E-state index contributed by atoms with van der Waals surface area (Å²) in [5.74, 6) is -0.161. The molecule has 0 bridgehead atoms. The van der Waals surface area contributed by atoms with E-state index in [-0.39, 0.29) is 5.56 Å². The first-order chi connectivity index (χ1) is 8.13. The van der Waals surface area contributed by atoms with Crippen LogP contribution in [0.5, 0.6) is 0 Å². The van der Waals surface area contributed by atoms with Crippen LogP contribution in [0.4, 0.5) is 5.82 Å². The minimum atomic E-state index is -1.04. The minimum absolute atomic E-state index is 0.0745. The highest BCUT2D eigenvalue weighted by atomic mass is 32.1. The quantitative estimate of drug-likeness (QED) is 0.872. The van der Waals surface area contributed by atoms with Gasteiger partial charge in [0.05, 0.1) is 4.88 Å². The molecule has 0 radical (unpaired) electrons. The Kier molecular flexibility index (Phi) is 3.06. The van der Waals surface area contributed by atoms with E-state index in [4.69, 9.17) is 5.11 Å². The van der Waals surface area contributed by atoms with Crippen LogP contribution in [-0.2, 0) is 0 Å². The molecule has 0 amide bonds. The average molecular weight is 249 g/mol. The molecule has 0 unspecified atom stereocenters. The molecule has 2 rings (SSSR count). The van der Waals surface area contributed by atoms with Crippen LogP contribution in [0, 0.1) is 6.92 Å². The molecule has 88 valence electrons. The number of carboxylic acids is 1. The molecule has 0 aliphatic heterocycles. The summed E-state index contributed by atoms with van der Waals surface area (Å²) in [7, 11) is 1.64. The molecule has 2 heterocycles. The van der Waals surface area contributed by atoms with Crippen LogP contribution >= 0.6 is 11.3 Å². The van der Waals surface area contributed by atoms with E-state index in [1.165, 1.54) is 17.5 Å². The fourth-order valence-electron chi connectivity index (χ4n) is 1.44. The summed E-state index contributed by atoms with van der Waals surface area (Å²) < 4.78 is 0. The van der Waals surface area contributed by atoms with E-state index >= 15 is 0 Å². The van der Waals surface area contributed by atoms with Crippen molar-refractivity contribution in [2.24, 2.45) is 0 Å². The molecule has 0 saturated carbocycles. The number of thiophene rings is 1. The third kappa shape index (κ3) is 2.12. The molecule has 17 heavy (non-hydrogen) atoms. The number of aryl methyl sites for hydroxylation is 1. The fourth-order valence-corrected chi connectivity index (χ4v) is 2.31. The molecule has 0 fully saturated rings. The predicted molar refractivity (Wildman–Crippen MR) is 66.6 cm³/mol. The number of aromatic nitrogens is 2. The van der Waals surface area contributed by atoms with E-state index in [9.17, 15) is 4.79 Å². The number of carboxylic acid groups (broad SMARTS) is 1. The lowest BCUT2D eigenvalue weighted by Crippen LogP contribution is -2.06. The third-order valence-electron chi connectivity index (χ3n) is 2.32. The zero-order chi connectivity index (χ0) is 12.4. The SMILES string of the molecule is CNc1nc(-c2sccc2C)ncc1C(=O)O. The van der Waals surface area contributed by atoms with Gasteiger partial charge in [0.1, 0.15) is 11.4 Å². The van der Waals surface area contributed by atoms with Crippen molar-refractivity contribution < 1.29 is 9.90 Å². The average Bonchev–Trinajstić information content (AvgIpc) is 2.74. The van der Waals surface area contributed by atoms with Crippen molar-refractivity contribution in [1.82, 2.24) is 9.97 Å². The van der Waals surface area contributed by atoms with E-state index in [2.05, 4.69) is 15.3 Å². The van der Waals surface area contributed by atoms with Crippen LogP contribution in [0.25, 0.3) is 10.7 Å². The maximum atomic E-state index is 10.9. The maximum absolute atomic E-state index is 10.9. The summed E-state index contributed by atoms with van der Waals surface area (Å²) in [4.78, 5) is 20.2. The first kappa shape index (κ1) is 11.5. The number of aromatic carboxylic acids is 1. The zero-order valence-electron chi connectivity index (χ0n) is 9.39. The van der Waals surface area contributed by atoms with Crippen molar-refractivity contribution in [1.29, 1.82) is 0 Å². The van der Waals surface area contributed by atoms with Crippen LogP contribution < -0.4 is 5.32 Å². The zero-order valence-corrected chi connectivity index (χ0v) is 10.2. The van der Waals surface area contributed by atoms with Gasteiger partial charge in [-0.05, 0) is 23.9 Å². The molecular formula is C11H11N3O2S. The molecule has 0 spiro atoms. The van der Waals surface area contributed by atoms with Gasteiger partial charge in [-0.15, -0.1) is 11.3 Å². The highest BCUT2D eigenvalue weighted by Crippen LogP contribution is 2.27. The summed E-state index contributed by atoms with van der Waals surface area (Å²) in [6.45, 7) is 1.97. The van der Waals surface area contributed by atoms with Gasteiger partial charge in [0, 0.05) is 13.2 Å². The summed E-state index contributed by atoms with van der Waals surface area (Å²) in [6.07, 6.45) is 1.33. The van der Waals surface area contributed by atoms with E-state index in [0.717, 1.165) is 10.4 Å². The van der Waals surface area contributed by atoms with Gasteiger partial charge >= 0.3 is 5.97 Å². The highest BCUT2D eigenvalue weighted by Gasteiger charge is 2.14. The van der Waals surface area contributed by atoms with Crippen LogP contribution in [-0.4, -0.2) is 28.1 Å². The van der Waals surface area contributed by atoms with Crippen molar-refractivity contribution in [3.8, 4) is 10.7 Å². The largest absolute Gasteiger partial charge is 0.477 e. The monoisotopic (exact) mass is 249 g/mol. The minimum Gasteiger partial charge on any atom is -0.477 e. The third-order valence-corrected chi connectivity index (χ3v) is 3.33. The maximum Gasteiger partial charge on any atom is 0.341 e. The molecule has 2 aromatic heterocycles. The molecule has 2 N–H and O–H groups in total. The smallest absolute Gasteiger partial charge is 0.341 e. The molecule has 0 aromatic carbocycles. The molecule has 5 nitrogen and oxygen atoms in total. The highest BCUT2D eigenvalue weighted by molar-refractivity contribution is 7.13. The predicted octanol–water partition coefficient (Wildman–Crippen LogP) is 2.25. The van der Waals surface area contributed by atoms with Gasteiger partial charge < -0.3 is 10.4 Å². The van der Waals surface area contributed by atoms with E-state index < -0.39 is 5.97 Å². The Balaban J connectivity index is 2.52. The summed E-state index contributed by atoms with van der Waals surface area (Å²) in [5, 5.41) is 13.7. The summed E-state index contributed by atoms with van der Waals surface area (Å²) >= 11 is 1.54. The van der Waals surface area contributed by atoms with Gasteiger partial charge in [0.2, 0.25) is 0 Å². The Morgan fingerprint density at radius 3 is 2.82 bits per heavy atom. The van der Waals surface area contributed by atoms with Crippen LogP contribution in [0.15, 0.2) is 17.6 Å². The first-order valence-electron chi connectivity index (χ1n) is 4.96. The van der Waals surface area contributed by atoms with Gasteiger partial charge in [0.25, 0.3) is 0 Å². The van der Waals surface area contributed by atoms with Crippen molar-refractivity contribution in [3.05, 3.63) is 28.8 Å². The van der Waals surface area contributed by atoms with Gasteiger partial charge in [-0.25, -0.2) is 14.8 Å². The van der Waals surface area contributed by atoms with Gasteiger partial charge in [-0.3, -0.25) is 0 Å². The lowest BCUT2D eigenvalue weighted by molar-refractivity contribution is 0.0697. The number of rotatable bonds is 3. The van der Waals surface area contributed by atoms with E-state index in [0.29, 0.717) is 11.6 Å². The Bertz CT molecular complexity index is 566. The van der Waals surface area contributed by atoms with Crippen LogP contribution in [0.1, 0.15) is 15.9 Å². The lowest BCUT2D eigenvalue weighted by Gasteiger charge is -2.06. The first-order valence-corrected chi connectivity index (χ1v) is 5.84. The molecule has 6 heteroatoms. The second-order valence-corrected chi connectivity index (χ2v) is 4.36. The lowest BCUT2D eigenvalue weighted by atomic mass is 10.2. The number of anilines is 1. The normalized spacial score (nSPS) is 10.2. The summed E-state index contributed by atoms with van der Waals surface area (Å²) in [5.41, 5.74) is 1.16. The Morgan fingerprint density at radius 1 is 1.53 bits per heavy atom. The Hall–Kier alpha value is -1.95. The molecule has 0 saturated heterocycles. The molecule has 0 aliphatic carbocycles. The number of hydrogen-bond acceptors (Lipinski definition) is 5. The Labute approximate surface area is 102 Å². The van der Waals surface area contributed by atoms with Crippen LogP contribution in [0.2, 0.25) is 0 Å². The molecule has 0 atom stereocenters. The second-order valence-electron chi connectivity index (χ2n) is 3.44. The summed E-state index contributed by atoms with van der Waals surface area (Å²) in [6, 6.07) is 1.98.